The molecule has 2 rings (SSSR count). The first-order valence-corrected chi connectivity index (χ1v) is 7.57. The number of aliphatic hydroxyl groups is 1. The van der Waals surface area contributed by atoms with Crippen molar-refractivity contribution in [3.05, 3.63) is 0 Å². The molecule has 2 aliphatic rings. The topological polar surface area (TPSA) is 23.5 Å². The Bertz CT molecular complexity index is 229. The molecule has 0 aromatic rings. The molecule has 0 aromatic heterocycles. The minimum absolute atomic E-state index is 0.0319. The van der Waals surface area contributed by atoms with Crippen LogP contribution in [0, 0.1) is 17.8 Å². The van der Waals surface area contributed by atoms with Gasteiger partial charge in [-0.15, -0.1) is 0 Å². The number of nitrogens with zero attached hydrogens (tertiary/aromatic N) is 1. The SMILES string of the molecule is CC(C)C1CCN(CC2CCCCCC2O)C1. The van der Waals surface area contributed by atoms with Crippen LogP contribution >= 0.6 is 0 Å². The lowest BCUT2D eigenvalue weighted by molar-refractivity contribution is 0.0778. The van der Waals surface area contributed by atoms with E-state index in [1.807, 2.05) is 0 Å². The molecule has 3 unspecified atom stereocenters. The van der Waals surface area contributed by atoms with Crippen molar-refractivity contribution in [2.24, 2.45) is 17.8 Å². The van der Waals surface area contributed by atoms with E-state index in [-0.39, 0.29) is 6.10 Å². The fraction of sp³-hybridized carbons (Fsp3) is 1.00. The zero-order valence-corrected chi connectivity index (χ0v) is 11.6. The van der Waals surface area contributed by atoms with Gasteiger partial charge in [-0.25, -0.2) is 0 Å². The predicted octanol–water partition coefficient (Wildman–Crippen LogP) is 2.91. The van der Waals surface area contributed by atoms with E-state index in [9.17, 15) is 5.11 Å². The summed E-state index contributed by atoms with van der Waals surface area (Å²) >= 11 is 0. The normalized spacial score (nSPS) is 36.4. The second-order valence-electron chi connectivity index (χ2n) is 6.52. The Hall–Kier alpha value is -0.0800. The molecule has 0 spiro atoms. The van der Waals surface area contributed by atoms with Crippen molar-refractivity contribution in [3.8, 4) is 0 Å². The molecule has 0 bridgehead atoms. The van der Waals surface area contributed by atoms with E-state index in [2.05, 4.69) is 18.7 Å². The van der Waals surface area contributed by atoms with Crippen molar-refractivity contribution in [2.45, 2.75) is 58.5 Å². The van der Waals surface area contributed by atoms with Crippen LogP contribution in [0.5, 0.6) is 0 Å². The Morgan fingerprint density at radius 1 is 1.12 bits per heavy atom. The first-order valence-electron chi connectivity index (χ1n) is 7.57. The molecule has 2 nitrogen and oxygen atoms in total. The van der Waals surface area contributed by atoms with Crippen LogP contribution in [-0.4, -0.2) is 35.7 Å². The number of aliphatic hydroxyl groups excluding tert-OH is 1. The van der Waals surface area contributed by atoms with Gasteiger partial charge in [0.15, 0.2) is 0 Å². The van der Waals surface area contributed by atoms with Crippen LogP contribution in [0.1, 0.15) is 52.4 Å². The molecule has 100 valence electrons. The third kappa shape index (κ3) is 3.69. The van der Waals surface area contributed by atoms with Gasteiger partial charge in [0, 0.05) is 13.1 Å². The maximum atomic E-state index is 10.2. The summed E-state index contributed by atoms with van der Waals surface area (Å²) in [5.74, 6) is 2.25. The zero-order valence-electron chi connectivity index (χ0n) is 11.6. The van der Waals surface area contributed by atoms with Crippen molar-refractivity contribution >= 4 is 0 Å². The van der Waals surface area contributed by atoms with Crippen LogP contribution in [0.3, 0.4) is 0 Å². The van der Waals surface area contributed by atoms with E-state index in [0.717, 1.165) is 24.8 Å². The van der Waals surface area contributed by atoms with Gasteiger partial charge in [-0.1, -0.05) is 33.1 Å². The maximum Gasteiger partial charge on any atom is 0.0580 e. The van der Waals surface area contributed by atoms with E-state index in [0.29, 0.717) is 5.92 Å². The van der Waals surface area contributed by atoms with Gasteiger partial charge in [0.25, 0.3) is 0 Å². The van der Waals surface area contributed by atoms with Crippen molar-refractivity contribution in [3.63, 3.8) is 0 Å². The quantitative estimate of drug-likeness (QED) is 0.766. The van der Waals surface area contributed by atoms with Gasteiger partial charge >= 0.3 is 0 Å². The van der Waals surface area contributed by atoms with E-state index < -0.39 is 0 Å². The second kappa shape index (κ2) is 6.19. The molecule has 1 N–H and O–H groups in total. The summed E-state index contributed by atoms with van der Waals surface area (Å²) in [5, 5.41) is 10.2. The highest BCUT2D eigenvalue weighted by molar-refractivity contribution is 4.82. The van der Waals surface area contributed by atoms with E-state index in [4.69, 9.17) is 0 Å². The molecular weight excluding hydrogens is 210 g/mol. The largest absolute Gasteiger partial charge is 0.393 e. The van der Waals surface area contributed by atoms with Gasteiger partial charge in [-0.2, -0.15) is 0 Å². The number of hydrogen-bond donors (Lipinski definition) is 1. The van der Waals surface area contributed by atoms with Crippen LogP contribution in [0.2, 0.25) is 0 Å². The van der Waals surface area contributed by atoms with Crippen LogP contribution in [-0.2, 0) is 0 Å². The first kappa shape index (κ1) is 13.4. The van der Waals surface area contributed by atoms with Gasteiger partial charge in [0.2, 0.25) is 0 Å². The third-order valence-electron chi connectivity index (χ3n) is 4.86. The molecule has 3 atom stereocenters. The van der Waals surface area contributed by atoms with Gasteiger partial charge in [-0.05, 0) is 43.6 Å². The van der Waals surface area contributed by atoms with Gasteiger partial charge in [-0.3, -0.25) is 0 Å². The van der Waals surface area contributed by atoms with Crippen molar-refractivity contribution in [1.82, 2.24) is 4.90 Å². The summed E-state index contributed by atoms with van der Waals surface area (Å²) in [5.41, 5.74) is 0. The predicted molar refractivity (Wildman–Crippen MR) is 72.0 cm³/mol. The lowest BCUT2D eigenvalue weighted by Crippen LogP contribution is -2.33. The molecule has 1 aliphatic carbocycles. The van der Waals surface area contributed by atoms with Gasteiger partial charge < -0.3 is 10.0 Å². The second-order valence-corrected chi connectivity index (χ2v) is 6.52. The molecule has 0 amide bonds. The molecule has 1 saturated carbocycles. The van der Waals surface area contributed by atoms with Crippen LogP contribution < -0.4 is 0 Å². The third-order valence-corrected chi connectivity index (χ3v) is 4.86. The number of rotatable bonds is 3. The summed E-state index contributed by atoms with van der Waals surface area (Å²) in [6, 6.07) is 0. The van der Waals surface area contributed by atoms with Crippen LogP contribution in [0.4, 0.5) is 0 Å². The summed E-state index contributed by atoms with van der Waals surface area (Å²) < 4.78 is 0. The molecule has 1 aliphatic heterocycles. The summed E-state index contributed by atoms with van der Waals surface area (Å²) in [6.45, 7) is 8.35. The van der Waals surface area contributed by atoms with Crippen molar-refractivity contribution < 1.29 is 5.11 Å². The lowest BCUT2D eigenvalue weighted by Gasteiger charge is -2.26. The van der Waals surface area contributed by atoms with Crippen LogP contribution in [0.25, 0.3) is 0 Å². The smallest absolute Gasteiger partial charge is 0.0580 e. The number of hydrogen-bond acceptors (Lipinski definition) is 2. The minimum atomic E-state index is -0.0319. The highest BCUT2D eigenvalue weighted by Crippen LogP contribution is 2.28. The Morgan fingerprint density at radius 2 is 1.88 bits per heavy atom. The molecule has 2 fully saturated rings. The average Bonchev–Trinajstić information content (AvgIpc) is 2.66. The van der Waals surface area contributed by atoms with E-state index >= 15 is 0 Å². The van der Waals surface area contributed by atoms with E-state index in [1.54, 1.807) is 0 Å². The summed E-state index contributed by atoms with van der Waals surface area (Å²) in [6.07, 6.45) is 7.48. The molecule has 2 heteroatoms. The lowest BCUT2D eigenvalue weighted by atomic mass is 9.95. The Kier molecular flexibility index (Phi) is 4.87. The highest BCUT2D eigenvalue weighted by atomic mass is 16.3. The van der Waals surface area contributed by atoms with E-state index in [1.165, 1.54) is 45.2 Å². The Balaban J connectivity index is 1.80. The fourth-order valence-corrected chi connectivity index (χ4v) is 3.48. The zero-order chi connectivity index (χ0) is 12.3. The van der Waals surface area contributed by atoms with Crippen molar-refractivity contribution in [1.29, 1.82) is 0 Å². The molecule has 0 radical (unpaired) electrons. The maximum absolute atomic E-state index is 10.2. The van der Waals surface area contributed by atoms with Crippen LogP contribution in [0.15, 0.2) is 0 Å². The standard InChI is InChI=1S/C15H29NO/c1-12(2)13-8-9-16(10-13)11-14-6-4-3-5-7-15(14)17/h12-15,17H,3-11H2,1-2H3. The van der Waals surface area contributed by atoms with Crippen molar-refractivity contribution in [2.75, 3.05) is 19.6 Å². The Morgan fingerprint density at radius 3 is 2.59 bits per heavy atom. The summed E-state index contributed by atoms with van der Waals surface area (Å²) in [7, 11) is 0. The number of likely N-dealkylation sites (tertiary alicyclic amines) is 1. The summed E-state index contributed by atoms with van der Waals surface area (Å²) in [4.78, 5) is 2.60. The fourth-order valence-electron chi connectivity index (χ4n) is 3.48. The van der Waals surface area contributed by atoms with Gasteiger partial charge in [0.1, 0.15) is 0 Å². The Labute approximate surface area is 106 Å². The highest BCUT2D eigenvalue weighted by Gasteiger charge is 2.29. The molecule has 0 aromatic carbocycles. The first-order chi connectivity index (χ1) is 8.16. The monoisotopic (exact) mass is 239 g/mol. The van der Waals surface area contributed by atoms with Gasteiger partial charge in [0.05, 0.1) is 6.10 Å². The molecule has 1 saturated heterocycles. The minimum Gasteiger partial charge on any atom is -0.393 e. The molecule has 1 heterocycles. The molecular formula is C15H29NO. The molecule has 17 heavy (non-hydrogen) atoms. The average molecular weight is 239 g/mol.